The maximum Gasteiger partial charge on any atom is 0.135 e. The second-order valence-corrected chi connectivity index (χ2v) is 5.66. The van der Waals surface area contributed by atoms with Crippen LogP contribution in [0.4, 0.5) is 0 Å². The van der Waals surface area contributed by atoms with Crippen LogP contribution in [-0.2, 0) is 0 Å². The Hall–Kier alpha value is -2.45. The minimum atomic E-state index is 0.796. The number of nitrogens with zero attached hydrogens (tertiary/aromatic N) is 1. The maximum absolute atomic E-state index is 6.24. The van der Waals surface area contributed by atoms with Gasteiger partial charge in [-0.25, -0.2) is 0 Å². The smallest absolute Gasteiger partial charge is 0.135 e. The molecule has 5 aromatic rings. The number of rotatable bonds is 1. The van der Waals surface area contributed by atoms with E-state index in [1.807, 2.05) is 30.3 Å². The van der Waals surface area contributed by atoms with Crippen molar-refractivity contribution in [3.05, 3.63) is 65.7 Å². The lowest BCUT2D eigenvalue weighted by molar-refractivity contribution is 0.669. The fourth-order valence-corrected chi connectivity index (χ4v) is 3.36. The van der Waals surface area contributed by atoms with E-state index in [9.17, 15) is 0 Å². The Bertz CT molecular complexity index is 1100. The summed E-state index contributed by atoms with van der Waals surface area (Å²) in [5.41, 5.74) is 5.09. The topological polar surface area (TPSA) is 18.1 Å². The summed E-state index contributed by atoms with van der Waals surface area (Å²) in [5.74, 6) is 0. The second kappa shape index (κ2) is 3.80. The summed E-state index contributed by atoms with van der Waals surface area (Å²) in [5, 5.41) is 3.07. The van der Waals surface area contributed by atoms with E-state index in [2.05, 4.69) is 34.9 Å². The Morgan fingerprint density at radius 3 is 2.48 bits per heavy atom. The van der Waals surface area contributed by atoms with E-state index in [0.717, 1.165) is 43.7 Å². The molecule has 0 unspecified atom stereocenters. The summed E-state index contributed by atoms with van der Waals surface area (Å²) in [6.07, 6.45) is 0. The van der Waals surface area contributed by atoms with Crippen LogP contribution in [0.1, 0.15) is 0 Å². The Kier molecular flexibility index (Phi) is 2.04. The molecule has 0 aliphatic heterocycles. The number of aromatic nitrogens is 1. The standard InChI is InChI=1S/C18H10ClNO/c19-15-10-12-5-7-16(15)20(12)11-6-8-18-14(9-11)13-3-1-2-4-17(13)21-18/h1-10H. The summed E-state index contributed by atoms with van der Waals surface area (Å²) >= 11 is 6.24. The normalized spacial score (nSPS) is 12.0. The van der Waals surface area contributed by atoms with Crippen molar-refractivity contribution in [3.8, 4) is 5.69 Å². The molecule has 0 saturated carbocycles. The number of hydrogen-bond donors (Lipinski definition) is 0. The SMILES string of the molecule is Clc1cc2ccc1n2-c1ccc2oc3ccccc3c2c1. The van der Waals surface area contributed by atoms with Gasteiger partial charge >= 0.3 is 0 Å². The zero-order valence-corrected chi connectivity index (χ0v) is 11.8. The van der Waals surface area contributed by atoms with Gasteiger partial charge in [0.05, 0.1) is 10.5 Å². The average Bonchev–Trinajstić information content (AvgIpc) is 3.16. The van der Waals surface area contributed by atoms with Crippen LogP contribution in [0.25, 0.3) is 38.7 Å². The lowest BCUT2D eigenvalue weighted by atomic mass is 10.1. The Balaban J connectivity index is 1.87. The highest BCUT2D eigenvalue weighted by molar-refractivity contribution is 6.35. The third kappa shape index (κ3) is 1.43. The van der Waals surface area contributed by atoms with Crippen molar-refractivity contribution in [1.29, 1.82) is 0 Å². The monoisotopic (exact) mass is 291 g/mol. The highest BCUT2D eigenvalue weighted by atomic mass is 35.5. The molecule has 0 aliphatic carbocycles. The molecule has 0 radical (unpaired) electrons. The van der Waals surface area contributed by atoms with Gasteiger partial charge in [0.2, 0.25) is 0 Å². The quantitative estimate of drug-likeness (QED) is 0.392. The van der Waals surface area contributed by atoms with Gasteiger partial charge in [0.15, 0.2) is 0 Å². The van der Waals surface area contributed by atoms with Gasteiger partial charge in [-0.2, -0.15) is 0 Å². The zero-order valence-electron chi connectivity index (χ0n) is 11.0. The molecule has 3 heterocycles. The van der Waals surface area contributed by atoms with Gasteiger partial charge in [-0.05, 0) is 42.5 Å². The van der Waals surface area contributed by atoms with Crippen molar-refractivity contribution in [1.82, 2.24) is 4.57 Å². The minimum Gasteiger partial charge on any atom is -0.456 e. The number of halogens is 1. The molecule has 3 aromatic heterocycles. The van der Waals surface area contributed by atoms with E-state index in [0.29, 0.717) is 0 Å². The highest BCUT2D eigenvalue weighted by Gasteiger charge is 2.13. The van der Waals surface area contributed by atoms with Crippen LogP contribution in [0.5, 0.6) is 0 Å². The molecule has 0 saturated heterocycles. The van der Waals surface area contributed by atoms with Crippen molar-refractivity contribution in [2.24, 2.45) is 0 Å². The van der Waals surface area contributed by atoms with Crippen LogP contribution in [0, 0.1) is 0 Å². The molecule has 5 rings (SSSR count). The fourth-order valence-electron chi connectivity index (χ4n) is 3.10. The molecule has 0 N–H and O–H groups in total. The van der Waals surface area contributed by atoms with E-state index in [1.165, 1.54) is 0 Å². The van der Waals surface area contributed by atoms with E-state index >= 15 is 0 Å². The number of para-hydroxylation sites is 1. The molecule has 0 aliphatic rings. The van der Waals surface area contributed by atoms with Gasteiger partial charge in [0.25, 0.3) is 0 Å². The summed E-state index contributed by atoms with van der Waals surface area (Å²) in [7, 11) is 0. The molecule has 100 valence electrons. The van der Waals surface area contributed by atoms with Gasteiger partial charge in [-0.15, -0.1) is 0 Å². The molecule has 21 heavy (non-hydrogen) atoms. The molecule has 0 amide bonds. The summed E-state index contributed by atoms with van der Waals surface area (Å²) in [6, 6.07) is 20.5. The number of hydrogen-bond acceptors (Lipinski definition) is 1. The van der Waals surface area contributed by atoms with E-state index in [-0.39, 0.29) is 0 Å². The highest BCUT2D eigenvalue weighted by Crippen LogP contribution is 2.34. The number of fused-ring (bicyclic) bond motifs is 5. The molecule has 2 bridgehead atoms. The van der Waals surface area contributed by atoms with Gasteiger partial charge < -0.3 is 8.98 Å². The van der Waals surface area contributed by atoms with Crippen LogP contribution in [0.2, 0.25) is 5.02 Å². The van der Waals surface area contributed by atoms with Crippen LogP contribution >= 0.6 is 11.6 Å². The van der Waals surface area contributed by atoms with Gasteiger partial charge in [-0.1, -0.05) is 29.8 Å². The molecular formula is C18H10ClNO. The van der Waals surface area contributed by atoms with Crippen LogP contribution in [0.15, 0.2) is 65.1 Å². The third-order valence-electron chi connectivity index (χ3n) is 4.05. The lowest BCUT2D eigenvalue weighted by Gasteiger charge is -2.04. The lowest BCUT2D eigenvalue weighted by Crippen LogP contribution is -1.89. The molecule has 0 fully saturated rings. The number of benzene rings is 3. The fraction of sp³-hybridized carbons (Fsp3) is 0. The Labute approximate surface area is 125 Å². The van der Waals surface area contributed by atoms with E-state index in [1.54, 1.807) is 0 Å². The molecular weight excluding hydrogens is 282 g/mol. The Morgan fingerprint density at radius 2 is 1.67 bits per heavy atom. The van der Waals surface area contributed by atoms with Gasteiger partial charge in [0.1, 0.15) is 11.2 Å². The zero-order chi connectivity index (χ0) is 14.0. The Morgan fingerprint density at radius 1 is 0.810 bits per heavy atom. The largest absolute Gasteiger partial charge is 0.456 e. The van der Waals surface area contributed by atoms with E-state index in [4.69, 9.17) is 16.0 Å². The number of furan rings is 1. The van der Waals surface area contributed by atoms with Crippen molar-refractivity contribution < 1.29 is 4.42 Å². The van der Waals surface area contributed by atoms with Crippen molar-refractivity contribution in [3.63, 3.8) is 0 Å². The molecule has 0 atom stereocenters. The van der Waals surface area contributed by atoms with Crippen molar-refractivity contribution in [2.75, 3.05) is 0 Å². The van der Waals surface area contributed by atoms with Gasteiger partial charge in [0, 0.05) is 22.0 Å². The van der Waals surface area contributed by atoms with Crippen molar-refractivity contribution >= 4 is 44.6 Å². The molecule has 2 nitrogen and oxygen atoms in total. The first kappa shape index (κ1) is 11.2. The van der Waals surface area contributed by atoms with Crippen LogP contribution in [0.3, 0.4) is 0 Å². The summed E-state index contributed by atoms with van der Waals surface area (Å²) < 4.78 is 8.04. The molecule has 0 spiro atoms. The third-order valence-corrected chi connectivity index (χ3v) is 4.35. The minimum absolute atomic E-state index is 0.796. The first-order valence-electron chi connectivity index (χ1n) is 6.82. The van der Waals surface area contributed by atoms with Gasteiger partial charge in [-0.3, -0.25) is 0 Å². The second-order valence-electron chi connectivity index (χ2n) is 5.25. The van der Waals surface area contributed by atoms with Crippen molar-refractivity contribution in [2.45, 2.75) is 0 Å². The first-order chi connectivity index (χ1) is 10.3. The van der Waals surface area contributed by atoms with Crippen LogP contribution in [-0.4, -0.2) is 4.57 Å². The molecule has 3 heteroatoms. The maximum atomic E-state index is 6.24. The molecule has 2 aromatic carbocycles. The average molecular weight is 292 g/mol. The summed E-state index contributed by atoms with van der Waals surface area (Å²) in [6.45, 7) is 0. The predicted molar refractivity (Wildman–Crippen MR) is 86.7 cm³/mol. The first-order valence-corrected chi connectivity index (χ1v) is 7.20. The van der Waals surface area contributed by atoms with Crippen LogP contribution < -0.4 is 0 Å². The van der Waals surface area contributed by atoms with E-state index < -0.39 is 0 Å². The summed E-state index contributed by atoms with van der Waals surface area (Å²) in [4.78, 5) is 0. The predicted octanol–water partition coefficient (Wildman–Crippen LogP) is 5.62.